The predicted octanol–water partition coefficient (Wildman–Crippen LogP) is 1.81. The van der Waals surface area contributed by atoms with Crippen LogP contribution in [0.4, 0.5) is 0 Å². The third-order valence-electron chi connectivity index (χ3n) is 3.33. The fourth-order valence-electron chi connectivity index (χ4n) is 2.24. The van der Waals surface area contributed by atoms with Gasteiger partial charge in [-0.05, 0) is 44.9 Å². The second kappa shape index (κ2) is 4.84. The molecule has 1 saturated heterocycles. The van der Waals surface area contributed by atoms with Gasteiger partial charge in [0.15, 0.2) is 0 Å². The molecule has 1 atom stereocenters. The largest absolute Gasteiger partial charge is 0.494 e. The van der Waals surface area contributed by atoms with E-state index in [4.69, 9.17) is 4.74 Å². The van der Waals surface area contributed by atoms with E-state index in [1.807, 2.05) is 6.92 Å². The van der Waals surface area contributed by atoms with Crippen LogP contribution in [0.1, 0.15) is 36.7 Å². The standard InChI is InChI=1S/C13H18N2O2/c1-13(7-3-4-9-15-13)12(16)11-10(17-2)6-5-8-14-11/h5-6,8,15H,3-4,7,9H2,1-2H3. The Morgan fingerprint density at radius 2 is 2.35 bits per heavy atom. The molecule has 2 heterocycles. The maximum Gasteiger partial charge on any atom is 0.204 e. The minimum Gasteiger partial charge on any atom is -0.494 e. The van der Waals surface area contributed by atoms with E-state index in [1.54, 1.807) is 25.4 Å². The predicted molar refractivity (Wildman–Crippen MR) is 65.4 cm³/mol. The van der Waals surface area contributed by atoms with Gasteiger partial charge < -0.3 is 10.1 Å². The molecule has 4 heteroatoms. The summed E-state index contributed by atoms with van der Waals surface area (Å²) in [6, 6.07) is 3.54. The molecule has 0 radical (unpaired) electrons. The van der Waals surface area contributed by atoms with Crippen LogP contribution in [0.15, 0.2) is 18.3 Å². The number of aromatic nitrogens is 1. The molecular formula is C13H18N2O2. The van der Waals surface area contributed by atoms with Crippen LogP contribution >= 0.6 is 0 Å². The van der Waals surface area contributed by atoms with Crippen LogP contribution in [0, 0.1) is 0 Å². The van der Waals surface area contributed by atoms with Gasteiger partial charge in [-0.3, -0.25) is 4.79 Å². The van der Waals surface area contributed by atoms with Crippen LogP contribution in [0.2, 0.25) is 0 Å². The molecule has 0 aliphatic carbocycles. The lowest BCUT2D eigenvalue weighted by Crippen LogP contribution is -2.52. The first kappa shape index (κ1) is 12.0. The van der Waals surface area contributed by atoms with E-state index in [2.05, 4.69) is 10.3 Å². The van der Waals surface area contributed by atoms with E-state index in [9.17, 15) is 4.79 Å². The number of rotatable bonds is 3. The first-order valence-electron chi connectivity index (χ1n) is 5.96. The highest BCUT2D eigenvalue weighted by Crippen LogP contribution is 2.26. The number of carbonyl (C=O) groups is 1. The van der Waals surface area contributed by atoms with Crippen molar-refractivity contribution in [3.63, 3.8) is 0 Å². The number of Topliss-reactive ketones (excluding diaryl/α,β-unsaturated/α-hetero) is 1. The van der Waals surface area contributed by atoms with Crippen molar-refractivity contribution in [2.45, 2.75) is 31.7 Å². The Morgan fingerprint density at radius 1 is 1.53 bits per heavy atom. The first-order valence-corrected chi connectivity index (χ1v) is 5.96. The van der Waals surface area contributed by atoms with Crippen LogP contribution in [-0.4, -0.2) is 30.0 Å². The number of piperidine rings is 1. The van der Waals surface area contributed by atoms with Gasteiger partial charge in [-0.2, -0.15) is 0 Å². The van der Waals surface area contributed by atoms with Gasteiger partial charge in [0, 0.05) is 6.20 Å². The highest BCUT2D eigenvalue weighted by Gasteiger charge is 2.36. The van der Waals surface area contributed by atoms with Crippen molar-refractivity contribution in [1.29, 1.82) is 0 Å². The molecule has 1 aromatic rings. The molecular weight excluding hydrogens is 216 g/mol. The zero-order valence-corrected chi connectivity index (χ0v) is 10.3. The highest BCUT2D eigenvalue weighted by molar-refractivity contribution is 6.03. The van der Waals surface area contributed by atoms with Gasteiger partial charge in [0.1, 0.15) is 11.4 Å². The second-order valence-electron chi connectivity index (χ2n) is 4.60. The maximum absolute atomic E-state index is 12.5. The minimum absolute atomic E-state index is 0.0228. The lowest BCUT2D eigenvalue weighted by molar-refractivity contribution is 0.0826. The number of pyridine rings is 1. The molecule has 1 aromatic heterocycles. The van der Waals surface area contributed by atoms with Crippen molar-refractivity contribution in [1.82, 2.24) is 10.3 Å². The third-order valence-corrected chi connectivity index (χ3v) is 3.33. The van der Waals surface area contributed by atoms with E-state index in [0.717, 1.165) is 25.8 Å². The molecule has 1 aliphatic rings. The summed E-state index contributed by atoms with van der Waals surface area (Å²) in [7, 11) is 1.56. The molecule has 4 nitrogen and oxygen atoms in total. The Morgan fingerprint density at radius 3 is 3.00 bits per heavy atom. The summed E-state index contributed by atoms with van der Waals surface area (Å²) in [5.41, 5.74) is -0.0771. The second-order valence-corrected chi connectivity index (χ2v) is 4.60. The minimum atomic E-state index is -0.500. The van der Waals surface area contributed by atoms with Gasteiger partial charge in [0.2, 0.25) is 5.78 Å². The van der Waals surface area contributed by atoms with Gasteiger partial charge in [0.25, 0.3) is 0 Å². The lowest BCUT2D eigenvalue weighted by atomic mass is 9.85. The zero-order chi connectivity index (χ0) is 12.3. The topological polar surface area (TPSA) is 51.2 Å². The summed E-state index contributed by atoms with van der Waals surface area (Å²) in [4.78, 5) is 16.7. The molecule has 0 spiro atoms. The highest BCUT2D eigenvalue weighted by atomic mass is 16.5. The lowest BCUT2D eigenvalue weighted by Gasteiger charge is -2.33. The van der Waals surface area contributed by atoms with Crippen LogP contribution in [0.25, 0.3) is 0 Å². The summed E-state index contributed by atoms with van der Waals surface area (Å²) in [6.07, 6.45) is 4.68. The summed E-state index contributed by atoms with van der Waals surface area (Å²) >= 11 is 0. The third kappa shape index (κ3) is 2.31. The number of ketones is 1. The Bertz CT molecular complexity index is 412. The average Bonchev–Trinajstić information content (AvgIpc) is 2.38. The molecule has 0 bridgehead atoms. The quantitative estimate of drug-likeness (QED) is 0.810. The summed E-state index contributed by atoms with van der Waals surface area (Å²) in [5, 5.41) is 3.30. The van der Waals surface area contributed by atoms with E-state index >= 15 is 0 Å². The van der Waals surface area contributed by atoms with E-state index in [1.165, 1.54) is 0 Å². The molecule has 0 amide bonds. The average molecular weight is 234 g/mol. The summed E-state index contributed by atoms with van der Waals surface area (Å²) in [5.74, 6) is 0.570. The Balaban J connectivity index is 2.29. The molecule has 1 unspecified atom stereocenters. The number of ether oxygens (including phenoxy) is 1. The number of nitrogens with zero attached hydrogens (tertiary/aromatic N) is 1. The normalized spacial score (nSPS) is 24.4. The van der Waals surface area contributed by atoms with Crippen LogP contribution in [0.3, 0.4) is 0 Å². The smallest absolute Gasteiger partial charge is 0.204 e. The molecule has 92 valence electrons. The van der Waals surface area contributed by atoms with Crippen molar-refractivity contribution in [3.8, 4) is 5.75 Å². The number of carbonyl (C=O) groups excluding carboxylic acids is 1. The monoisotopic (exact) mass is 234 g/mol. The SMILES string of the molecule is COc1cccnc1C(=O)C1(C)CCCCN1. The molecule has 0 saturated carbocycles. The first-order chi connectivity index (χ1) is 8.17. The summed E-state index contributed by atoms with van der Waals surface area (Å²) < 4.78 is 5.19. The van der Waals surface area contributed by atoms with Gasteiger partial charge in [-0.1, -0.05) is 0 Å². The van der Waals surface area contributed by atoms with Crippen molar-refractivity contribution >= 4 is 5.78 Å². The van der Waals surface area contributed by atoms with Gasteiger partial charge in [0.05, 0.1) is 12.6 Å². The van der Waals surface area contributed by atoms with Gasteiger partial charge >= 0.3 is 0 Å². The molecule has 0 aromatic carbocycles. The number of nitrogens with one attached hydrogen (secondary N) is 1. The van der Waals surface area contributed by atoms with Crippen molar-refractivity contribution in [2.24, 2.45) is 0 Å². The van der Waals surface area contributed by atoms with E-state index in [0.29, 0.717) is 11.4 Å². The van der Waals surface area contributed by atoms with Crippen LogP contribution in [-0.2, 0) is 0 Å². The van der Waals surface area contributed by atoms with Crippen molar-refractivity contribution in [3.05, 3.63) is 24.0 Å². The molecule has 2 rings (SSSR count). The Labute approximate surface area is 101 Å². The van der Waals surface area contributed by atoms with Gasteiger partial charge in [-0.25, -0.2) is 4.98 Å². The number of hydrogen-bond acceptors (Lipinski definition) is 4. The maximum atomic E-state index is 12.5. The molecule has 1 N–H and O–H groups in total. The Hall–Kier alpha value is -1.42. The Kier molecular flexibility index (Phi) is 3.43. The fourth-order valence-corrected chi connectivity index (χ4v) is 2.24. The van der Waals surface area contributed by atoms with E-state index < -0.39 is 5.54 Å². The number of methoxy groups -OCH3 is 1. The zero-order valence-electron chi connectivity index (χ0n) is 10.3. The molecule has 17 heavy (non-hydrogen) atoms. The van der Waals surface area contributed by atoms with Crippen molar-refractivity contribution in [2.75, 3.05) is 13.7 Å². The molecule has 1 aliphatic heterocycles. The number of hydrogen-bond donors (Lipinski definition) is 1. The summed E-state index contributed by atoms with van der Waals surface area (Å²) in [6.45, 7) is 2.83. The van der Waals surface area contributed by atoms with Crippen LogP contribution < -0.4 is 10.1 Å². The molecule has 1 fully saturated rings. The van der Waals surface area contributed by atoms with Crippen LogP contribution in [0.5, 0.6) is 5.75 Å². The van der Waals surface area contributed by atoms with E-state index in [-0.39, 0.29) is 5.78 Å². The fraction of sp³-hybridized carbons (Fsp3) is 0.538. The van der Waals surface area contributed by atoms with Crippen molar-refractivity contribution < 1.29 is 9.53 Å². The van der Waals surface area contributed by atoms with Gasteiger partial charge in [-0.15, -0.1) is 0 Å².